The van der Waals surface area contributed by atoms with Crippen LogP contribution in [0.2, 0.25) is 0 Å². The number of hydrogen-bond donors (Lipinski definition) is 1. The molecule has 2 amide bonds. The summed E-state index contributed by atoms with van der Waals surface area (Å²) in [5.74, 6) is -0.720. The average Bonchev–Trinajstić information content (AvgIpc) is 2.90. The number of sulfonamides is 1. The van der Waals surface area contributed by atoms with Crippen LogP contribution in [0.4, 0.5) is 5.69 Å². The van der Waals surface area contributed by atoms with Crippen LogP contribution in [0.15, 0.2) is 77.7 Å². The zero-order valence-electron chi connectivity index (χ0n) is 22.8. The van der Waals surface area contributed by atoms with Gasteiger partial charge < -0.3 is 10.2 Å². The van der Waals surface area contributed by atoms with Gasteiger partial charge in [-0.05, 0) is 69.0 Å². The number of anilines is 1. The normalized spacial score (nSPS) is 12.0. The Morgan fingerprint density at radius 3 is 2.13 bits per heavy atom. The summed E-state index contributed by atoms with van der Waals surface area (Å²) in [6.45, 7) is 9.47. The summed E-state index contributed by atoms with van der Waals surface area (Å²) in [7, 11) is -4.09. The van der Waals surface area contributed by atoms with Crippen LogP contribution in [0, 0.1) is 20.8 Å². The number of aryl methyl sites for hydroxylation is 2. The van der Waals surface area contributed by atoms with E-state index in [1.807, 2.05) is 71.0 Å². The van der Waals surface area contributed by atoms with Gasteiger partial charge in [0.2, 0.25) is 11.8 Å². The van der Waals surface area contributed by atoms with Gasteiger partial charge in [-0.1, -0.05) is 67.1 Å². The summed E-state index contributed by atoms with van der Waals surface area (Å²) in [6, 6.07) is 20.6. The van der Waals surface area contributed by atoms with E-state index >= 15 is 0 Å². The Labute approximate surface area is 226 Å². The highest BCUT2D eigenvalue weighted by atomic mass is 32.2. The predicted octanol–water partition coefficient (Wildman–Crippen LogP) is 4.75. The Morgan fingerprint density at radius 2 is 1.53 bits per heavy atom. The molecular weight excluding hydrogens is 498 g/mol. The van der Waals surface area contributed by atoms with Gasteiger partial charge in [0.15, 0.2) is 0 Å². The fourth-order valence-electron chi connectivity index (χ4n) is 4.35. The Hall–Kier alpha value is -3.65. The molecule has 0 aromatic heterocycles. The van der Waals surface area contributed by atoms with Crippen LogP contribution in [0.5, 0.6) is 0 Å². The molecule has 3 aromatic rings. The van der Waals surface area contributed by atoms with Gasteiger partial charge in [-0.15, -0.1) is 0 Å². The fraction of sp³-hybridized carbons (Fsp3) is 0.333. The standard InChI is InChI=1S/C30H37N3O4S/c1-6-27(30(35)31-7-2)32(20-25-13-9-8-10-14-25)29(34)21-33(28-15-11-12-23(4)24(28)5)38(36,37)26-18-16-22(3)17-19-26/h8-19,27H,6-7,20-21H2,1-5H3,(H,31,35)/t27-/m0/s1. The van der Waals surface area contributed by atoms with Gasteiger partial charge in [-0.25, -0.2) is 8.42 Å². The highest BCUT2D eigenvalue weighted by Gasteiger charge is 2.34. The van der Waals surface area contributed by atoms with Crippen LogP contribution in [0.1, 0.15) is 42.5 Å². The topological polar surface area (TPSA) is 86.8 Å². The number of hydrogen-bond acceptors (Lipinski definition) is 4. The maximum Gasteiger partial charge on any atom is 0.264 e. The lowest BCUT2D eigenvalue weighted by Gasteiger charge is -2.33. The molecular formula is C30H37N3O4S. The van der Waals surface area contributed by atoms with Crippen LogP contribution < -0.4 is 9.62 Å². The number of amides is 2. The molecule has 0 spiro atoms. The Morgan fingerprint density at radius 1 is 0.868 bits per heavy atom. The van der Waals surface area contributed by atoms with E-state index in [-0.39, 0.29) is 17.3 Å². The number of carbonyl (C=O) groups excluding carboxylic acids is 2. The molecule has 8 heteroatoms. The number of carbonyl (C=O) groups is 2. The number of benzene rings is 3. The summed E-state index contributed by atoms with van der Waals surface area (Å²) in [4.78, 5) is 28.6. The second kappa shape index (κ2) is 12.7. The summed E-state index contributed by atoms with van der Waals surface area (Å²) >= 11 is 0. The third-order valence-corrected chi connectivity index (χ3v) is 8.44. The van der Waals surface area contributed by atoms with Crippen LogP contribution in [-0.2, 0) is 26.2 Å². The molecule has 0 saturated carbocycles. The number of nitrogens with one attached hydrogen (secondary N) is 1. The second-order valence-electron chi connectivity index (χ2n) is 9.37. The molecule has 38 heavy (non-hydrogen) atoms. The molecule has 3 rings (SSSR count). The van der Waals surface area contributed by atoms with Crippen molar-refractivity contribution >= 4 is 27.5 Å². The lowest BCUT2D eigenvalue weighted by atomic mass is 10.1. The third-order valence-electron chi connectivity index (χ3n) is 6.67. The van der Waals surface area contributed by atoms with E-state index in [9.17, 15) is 18.0 Å². The highest BCUT2D eigenvalue weighted by Crippen LogP contribution is 2.29. The van der Waals surface area contributed by atoms with Gasteiger partial charge in [0.25, 0.3) is 10.0 Å². The molecule has 0 fully saturated rings. The van der Waals surface area contributed by atoms with Crippen molar-refractivity contribution in [3.63, 3.8) is 0 Å². The van der Waals surface area contributed by atoms with Crippen molar-refractivity contribution in [1.82, 2.24) is 10.2 Å². The van der Waals surface area contributed by atoms with Crippen LogP contribution in [0.3, 0.4) is 0 Å². The molecule has 0 aliphatic heterocycles. The van der Waals surface area contributed by atoms with Gasteiger partial charge in [0, 0.05) is 13.1 Å². The maximum atomic E-state index is 14.0. The molecule has 3 aromatic carbocycles. The van der Waals surface area contributed by atoms with Crippen molar-refractivity contribution in [3.05, 3.63) is 95.1 Å². The van der Waals surface area contributed by atoms with Gasteiger partial charge in [-0.2, -0.15) is 0 Å². The highest BCUT2D eigenvalue weighted by molar-refractivity contribution is 7.92. The smallest absolute Gasteiger partial charge is 0.264 e. The Kier molecular flexibility index (Phi) is 9.69. The fourth-order valence-corrected chi connectivity index (χ4v) is 5.82. The molecule has 0 radical (unpaired) electrons. The zero-order valence-corrected chi connectivity index (χ0v) is 23.6. The Balaban J connectivity index is 2.09. The van der Waals surface area contributed by atoms with Gasteiger partial charge in [-0.3, -0.25) is 13.9 Å². The molecule has 0 aliphatic carbocycles. The van der Waals surface area contributed by atoms with Gasteiger partial charge >= 0.3 is 0 Å². The van der Waals surface area contributed by atoms with Crippen LogP contribution >= 0.6 is 0 Å². The molecule has 1 N–H and O–H groups in total. The molecule has 0 bridgehead atoms. The zero-order chi connectivity index (χ0) is 27.9. The molecule has 0 saturated heterocycles. The quantitative estimate of drug-likeness (QED) is 0.384. The van der Waals surface area contributed by atoms with E-state index in [0.29, 0.717) is 18.7 Å². The van der Waals surface area contributed by atoms with E-state index in [1.54, 1.807) is 36.4 Å². The van der Waals surface area contributed by atoms with Crippen molar-refractivity contribution in [2.45, 2.75) is 58.5 Å². The second-order valence-corrected chi connectivity index (χ2v) is 11.2. The van der Waals surface area contributed by atoms with E-state index in [0.717, 1.165) is 22.3 Å². The average molecular weight is 536 g/mol. The SMILES string of the molecule is CCNC(=O)[C@H](CC)N(Cc1ccccc1)C(=O)CN(c1cccc(C)c1C)S(=O)(=O)c1ccc(C)cc1. The van der Waals surface area contributed by atoms with E-state index in [4.69, 9.17) is 0 Å². The number of rotatable bonds is 11. The van der Waals surface area contributed by atoms with E-state index < -0.39 is 28.5 Å². The monoisotopic (exact) mass is 535 g/mol. The lowest BCUT2D eigenvalue weighted by molar-refractivity contribution is -0.140. The third kappa shape index (κ3) is 6.61. The molecule has 0 unspecified atom stereocenters. The van der Waals surface area contributed by atoms with Crippen molar-refractivity contribution in [1.29, 1.82) is 0 Å². The molecule has 202 valence electrons. The van der Waals surface area contributed by atoms with Gasteiger partial charge in [0.1, 0.15) is 12.6 Å². The number of likely N-dealkylation sites (N-methyl/N-ethyl adjacent to an activating group) is 1. The summed E-state index contributed by atoms with van der Waals surface area (Å²) in [5.41, 5.74) is 3.89. The molecule has 1 atom stereocenters. The lowest BCUT2D eigenvalue weighted by Crippen LogP contribution is -2.52. The van der Waals surface area contributed by atoms with Crippen LogP contribution in [-0.4, -0.2) is 44.3 Å². The first kappa shape index (κ1) is 28.9. The molecule has 0 aliphatic rings. The minimum Gasteiger partial charge on any atom is -0.355 e. The first-order chi connectivity index (χ1) is 18.1. The van der Waals surface area contributed by atoms with Crippen molar-refractivity contribution in [3.8, 4) is 0 Å². The molecule has 0 heterocycles. The summed E-state index contributed by atoms with van der Waals surface area (Å²) in [6.07, 6.45) is 0.387. The van der Waals surface area contributed by atoms with E-state index in [2.05, 4.69) is 5.32 Å². The minimum atomic E-state index is -4.09. The Bertz CT molecular complexity index is 1360. The van der Waals surface area contributed by atoms with Crippen molar-refractivity contribution in [2.24, 2.45) is 0 Å². The largest absolute Gasteiger partial charge is 0.355 e. The van der Waals surface area contributed by atoms with Crippen LogP contribution in [0.25, 0.3) is 0 Å². The molecule has 7 nitrogen and oxygen atoms in total. The predicted molar refractivity (Wildman–Crippen MR) is 151 cm³/mol. The van der Waals surface area contributed by atoms with Gasteiger partial charge in [0.05, 0.1) is 10.6 Å². The minimum absolute atomic E-state index is 0.0992. The summed E-state index contributed by atoms with van der Waals surface area (Å²) < 4.78 is 29.1. The van der Waals surface area contributed by atoms with Crippen molar-refractivity contribution < 1.29 is 18.0 Å². The van der Waals surface area contributed by atoms with E-state index in [1.165, 1.54) is 9.21 Å². The summed E-state index contributed by atoms with van der Waals surface area (Å²) in [5, 5.41) is 2.82. The number of nitrogens with zero attached hydrogens (tertiary/aromatic N) is 2. The van der Waals surface area contributed by atoms with Crippen molar-refractivity contribution in [2.75, 3.05) is 17.4 Å². The first-order valence-electron chi connectivity index (χ1n) is 12.9. The first-order valence-corrected chi connectivity index (χ1v) is 14.3. The maximum absolute atomic E-state index is 14.0.